The molecule has 9 heteroatoms. The van der Waals surface area contributed by atoms with Gasteiger partial charge in [-0.3, -0.25) is 0 Å². The van der Waals surface area contributed by atoms with Gasteiger partial charge in [-0.2, -0.15) is 18.3 Å². The van der Waals surface area contributed by atoms with Crippen molar-refractivity contribution in [3.8, 4) is 5.88 Å². The van der Waals surface area contributed by atoms with Crippen LogP contribution in [0, 0.1) is 0 Å². The van der Waals surface area contributed by atoms with Crippen LogP contribution in [-0.2, 0) is 16.0 Å². The van der Waals surface area contributed by atoms with E-state index >= 15 is 0 Å². The van der Waals surface area contributed by atoms with Crippen LogP contribution in [0.1, 0.15) is 23.8 Å². The van der Waals surface area contributed by atoms with Crippen molar-refractivity contribution in [1.29, 1.82) is 0 Å². The monoisotopic (exact) mass is 308 g/mol. The number of carbonyl (C=O) groups excluding carboxylic acids is 1. The number of fused-ring (bicyclic) bond motifs is 1. The number of carbonyl (C=O) groups is 1. The molecule has 1 unspecified atom stereocenters. The highest BCUT2D eigenvalue weighted by atomic mass is 19.4. The molecule has 21 heavy (non-hydrogen) atoms. The van der Waals surface area contributed by atoms with Gasteiger partial charge < -0.3 is 14.2 Å². The van der Waals surface area contributed by atoms with Gasteiger partial charge in [-0.25, -0.2) is 9.48 Å². The molecule has 0 aromatic carbocycles. The molecule has 0 bridgehead atoms. The second-order valence-electron chi connectivity index (χ2n) is 4.46. The van der Waals surface area contributed by atoms with E-state index in [1.54, 1.807) is 6.92 Å². The Morgan fingerprint density at radius 2 is 2.33 bits per heavy atom. The molecule has 1 aromatic heterocycles. The molecule has 1 aliphatic heterocycles. The number of hydrogen-bond donors (Lipinski definition) is 0. The van der Waals surface area contributed by atoms with Crippen LogP contribution in [0.2, 0.25) is 0 Å². The van der Waals surface area contributed by atoms with Gasteiger partial charge in [0.15, 0.2) is 5.69 Å². The maximum atomic E-state index is 12.1. The fourth-order valence-electron chi connectivity index (χ4n) is 1.85. The van der Waals surface area contributed by atoms with Gasteiger partial charge in [-0.05, 0) is 13.3 Å². The lowest BCUT2D eigenvalue weighted by atomic mass is 10.3. The third-order valence-electron chi connectivity index (χ3n) is 2.79. The first-order valence-electron chi connectivity index (χ1n) is 6.45. The van der Waals surface area contributed by atoms with E-state index in [4.69, 9.17) is 14.2 Å². The van der Waals surface area contributed by atoms with E-state index in [1.807, 2.05) is 0 Å². The number of esters is 1. The number of aromatic nitrogens is 2. The molecule has 2 heterocycles. The van der Waals surface area contributed by atoms with Gasteiger partial charge in [0.1, 0.15) is 13.2 Å². The highest BCUT2D eigenvalue weighted by Gasteiger charge is 2.30. The Morgan fingerprint density at radius 3 is 3.00 bits per heavy atom. The average Bonchev–Trinajstić information content (AvgIpc) is 2.71. The Labute approximate surface area is 118 Å². The van der Waals surface area contributed by atoms with Crippen LogP contribution in [0.15, 0.2) is 6.07 Å². The van der Waals surface area contributed by atoms with Crippen LogP contribution in [0.3, 0.4) is 0 Å². The van der Waals surface area contributed by atoms with Gasteiger partial charge in [-0.15, -0.1) is 0 Å². The summed E-state index contributed by atoms with van der Waals surface area (Å²) in [6.45, 7) is 0.881. The van der Waals surface area contributed by atoms with Crippen molar-refractivity contribution < 1.29 is 32.2 Å². The zero-order valence-electron chi connectivity index (χ0n) is 11.4. The predicted octanol–water partition coefficient (Wildman–Crippen LogP) is 1.79. The average molecular weight is 308 g/mol. The predicted molar refractivity (Wildman–Crippen MR) is 64.1 cm³/mol. The van der Waals surface area contributed by atoms with Gasteiger partial charge in [0.25, 0.3) is 0 Å². The highest BCUT2D eigenvalue weighted by Crippen LogP contribution is 2.22. The summed E-state index contributed by atoms with van der Waals surface area (Å²) < 4.78 is 52.6. The SMILES string of the molecule is CCOC(=O)c1cc2n(n1)CCC(OCC(F)(F)F)CO2. The molecule has 1 atom stereocenters. The molecule has 1 aromatic rings. The van der Waals surface area contributed by atoms with Crippen molar-refractivity contribution in [2.45, 2.75) is 32.2 Å². The van der Waals surface area contributed by atoms with E-state index in [0.29, 0.717) is 18.8 Å². The third-order valence-corrected chi connectivity index (χ3v) is 2.79. The standard InChI is InChI=1S/C12H15F3N2O4/c1-2-19-11(18)9-5-10-17(16-9)4-3-8(6-20-10)21-7-12(13,14)15/h5,8H,2-4,6-7H2,1H3. The maximum Gasteiger partial charge on any atom is 0.411 e. The Kier molecular flexibility index (Phi) is 4.71. The molecule has 0 radical (unpaired) electrons. The largest absolute Gasteiger partial charge is 0.475 e. The summed E-state index contributed by atoms with van der Waals surface area (Å²) >= 11 is 0. The summed E-state index contributed by atoms with van der Waals surface area (Å²) in [4.78, 5) is 11.5. The number of hydrogen-bond acceptors (Lipinski definition) is 5. The Hall–Kier alpha value is -1.77. The first kappa shape index (κ1) is 15.6. The van der Waals surface area contributed by atoms with Crippen molar-refractivity contribution in [3.05, 3.63) is 11.8 Å². The summed E-state index contributed by atoms with van der Waals surface area (Å²) in [5.41, 5.74) is 0.113. The van der Waals surface area contributed by atoms with Crippen LogP contribution in [-0.4, -0.2) is 47.9 Å². The van der Waals surface area contributed by atoms with Gasteiger partial charge in [0.2, 0.25) is 5.88 Å². The summed E-state index contributed by atoms with van der Waals surface area (Å²) in [6, 6.07) is 1.41. The van der Waals surface area contributed by atoms with Gasteiger partial charge in [0.05, 0.1) is 12.7 Å². The van der Waals surface area contributed by atoms with E-state index in [2.05, 4.69) is 5.10 Å². The third kappa shape index (κ3) is 4.35. The van der Waals surface area contributed by atoms with E-state index < -0.39 is 24.9 Å². The van der Waals surface area contributed by atoms with E-state index in [-0.39, 0.29) is 18.9 Å². The molecule has 0 spiro atoms. The number of alkyl halides is 3. The first-order chi connectivity index (χ1) is 9.89. The maximum absolute atomic E-state index is 12.1. The molecule has 2 rings (SSSR count). The minimum atomic E-state index is -4.36. The summed E-state index contributed by atoms with van der Waals surface area (Å²) in [7, 11) is 0. The molecular weight excluding hydrogens is 293 g/mol. The first-order valence-corrected chi connectivity index (χ1v) is 6.45. The van der Waals surface area contributed by atoms with Crippen LogP contribution in [0.4, 0.5) is 13.2 Å². The van der Waals surface area contributed by atoms with E-state index in [9.17, 15) is 18.0 Å². The van der Waals surface area contributed by atoms with Crippen LogP contribution in [0.25, 0.3) is 0 Å². The Morgan fingerprint density at radius 1 is 1.57 bits per heavy atom. The lowest BCUT2D eigenvalue weighted by Crippen LogP contribution is -2.27. The molecule has 0 amide bonds. The molecule has 0 fully saturated rings. The van der Waals surface area contributed by atoms with Gasteiger partial charge in [-0.1, -0.05) is 0 Å². The highest BCUT2D eigenvalue weighted by molar-refractivity contribution is 5.87. The van der Waals surface area contributed by atoms with E-state index in [0.717, 1.165) is 0 Å². The van der Waals surface area contributed by atoms with Crippen molar-refractivity contribution in [1.82, 2.24) is 9.78 Å². The van der Waals surface area contributed by atoms with Gasteiger partial charge >= 0.3 is 12.1 Å². The number of aryl methyl sites for hydroxylation is 1. The number of rotatable bonds is 4. The minimum Gasteiger partial charge on any atom is -0.475 e. The van der Waals surface area contributed by atoms with Crippen LogP contribution >= 0.6 is 0 Å². The molecule has 0 aliphatic carbocycles. The second-order valence-corrected chi connectivity index (χ2v) is 4.46. The second kappa shape index (κ2) is 6.33. The molecule has 0 saturated heterocycles. The summed E-state index contributed by atoms with van der Waals surface area (Å²) in [6.07, 6.45) is -4.72. The van der Waals surface area contributed by atoms with Gasteiger partial charge in [0, 0.05) is 12.6 Å². The summed E-state index contributed by atoms with van der Waals surface area (Å²) in [5, 5.41) is 4.01. The smallest absolute Gasteiger partial charge is 0.411 e. The normalized spacial score (nSPS) is 18.6. The van der Waals surface area contributed by atoms with Crippen LogP contribution < -0.4 is 4.74 Å². The topological polar surface area (TPSA) is 62.6 Å². The number of halogens is 3. The minimum absolute atomic E-state index is 0.0238. The van der Waals surface area contributed by atoms with Crippen molar-refractivity contribution in [2.75, 3.05) is 19.8 Å². The Balaban J connectivity index is 1.94. The zero-order valence-corrected chi connectivity index (χ0v) is 11.4. The Bertz CT molecular complexity index is 476. The van der Waals surface area contributed by atoms with Crippen LogP contribution in [0.5, 0.6) is 5.88 Å². The van der Waals surface area contributed by atoms with Crippen molar-refractivity contribution in [3.63, 3.8) is 0 Å². The quantitative estimate of drug-likeness (QED) is 0.794. The molecule has 0 N–H and O–H groups in total. The molecule has 1 aliphatic rings. The molecule has 118 valence electrons. The molecule has 6 nitrogen and oxygen atoms in total. The molecular formula is C12H15F3N2O4. The van der Waals surface area contributed by atoms with E-state index in [1.165, 1.54) is 10.7 Å². The molecule has 0 saturated carbocycles. The van der Waals surface area contributed by atoms with Crippen molar-refractivity contribution >= 4 is 5.97 Å². The fourth-order valence-corrected chi connectivity index (χ4v) is 1.85. The lowest BCUT2D eigenvalue weighted by Gasteiger charge is -2.15. The van der Waals surface area contributed by atoms with Crippen molar-refractivity contribution in [2.24, 2.45) is 0 Å². The number of ether oxygens (including phenoxy) is 3. The number of nitrogens with zero attached hydrogens (tertiary/aromatic N) is 2. The lowest BCUT2D eigenvalue weighted by molar-refractivity contribution is -0.188. The summed E-state index contributed by atoms with van der Waals surface area (Å²) in [5.74, 6) is -0.247. The zero-order chi connectivity index (χ0) is 15.5. The fraction of sp³-hybridized carbons (Fsp3) is 0.667.